The molecular weight excluding hydrogens is 234 g/mol. The average molecular weight is 253 g/mol. The van der Waals surface area contributed by atoms with E-state index in [9.17, 15) is 4.79 Å². The van der Waals surface area contributed by atoms with E-state index in [1.165, 1.54) is 6.20 Å². The van der Waals surface area contributed by atoms with Crippen molar-refractivity contribution in [1.82, 2.24) is 15.1 Å². The lowest BCUT2D eigenvalue weighted by atomic mass is 10.0. The number of hydrogen-bond acceptors (Lipinski definition) is 4. The van der Waals surface area contributed by atoms with Gasteiger partial charge in [-0.05, 0) is 13.8 Å². The number of methoxy groups -OCH3 is 1. The highest BCUT2D eigenvalue weighted by atomic mass is 16.5. The van der Waals surface area contributed by atoms with Crippen LogP contribution in [0.3, 0.4) is 0 Å². The smallest absolute Gasteiger partial charge is 0.257 e. The van der Waals surface area contributed by atoms with Gasteiger partial charge in [0.05, 0.1) is 30.1 Å². The van der Waals surface area contributed by atoms with Crippen LogP contribution < -0.4 is 0 Å². The summed E-state index contributed by atoms with van der Waals surface area (Å²) in [6.07, 6.45) is 3.06. The molecule has 0 bridgehead atoms. The molecule has 18 heavy (non-hydrogen) atoms. The molecule has 0 aliphatic carbocycles. The maximum absolute atomic E-state index is 12.3. The van der Waals surface area contributed by atoms with E-state index in [1.807, 2.05) is 13.8 Å². The second-order valence-corrected chi connectivity index (χ2v) is 5.13. The number of H-pyrrole nitrogens is 1. The van der Waals surface area contributed by atoms with E-state index in [1.54, 1.807) is 18.2 Å². The van der Waals surface area contributed by atoms with Crippen molar-refractivity contribution in [2.45, 2.75) is 25.6 Å². The third-order valence-electron chi connectivity index (χ3n) is 2.87. The molecular formula is C12H19N3O3. The molecule has 1 atom stereocenters. The van der Waals surface area contributed by atoms with Crippen LogP contribution in [0, 0.1) is 0 Å². The standard InChI is InChI=1S/C12H19N3O3/c1-12(2)8-15(6-10(18-12)7-17-3)11(16)9-4-13-14-5-9/h4-5,10H,6-8H2,1-3H3,(H,13,14). The molecule has 0 spiro atoms. The number of ether oxygens (including phenoxy) is 2. The maximum Gasteiger partial charge on any atom is 0.257 e. The number of nitrogens with zero attached hydrogens (tertiary/aromatic N) is 2. The number of aromatic nitrogens is 2. The van der Waals surface area contributed by atoms with Gasteiger partial charge in [-0.25, -0.2) is 0 Å². The fourth-order valence-electron chi connectivity index (χ4n) is 2.27. The van der Waals surface area contributed by atoms with Crippen LogP contribution >= 0.6 is 0 Å². The quantitative estimate of drug-likeness (QED) is 0.860. The van der Waals surface area contributed by atoms with Gasteiger partial charge in [0.15, 0.2) is 0 Å². The highest BCUT2D eigenvalue weighted by molar-refractivity contribution is 5.93. The predicted molar refractivity (Wildman–Crippen MR) is 65.3 cm³/mol. The maximum atomic E-state index is 12.3. The third kappa shape index (κ3) is 2.88. The molecule has 0 radical (unpaired) electrons. The molecule has 6 nitrogen and oxygen atoms in total. The fraction of sp³-hybridized carbons (Fsp3) is 0.667. The van der Waals surface area contributed by atoms with Crippen LogP contribution in [0.2, 0.25) is 0 Å². The number of hydrogen-bond donors (Lipinski definition) is 1. The van der Waals surface area contributed by atoms with Gasteiger partial charge in [-0.15, -0.1) is 0 Å². The highest BCUT2D eigenvalue weighted by Crippen LogP contribution is 2.22. The van der Waals surface area contributed by atoms with Gasteiger partial charge in [0, 0.05) is 26.4 Å². The van der Waals surface area contributed by atoms with Crippen molar-refractivity contribution in [2.24, 2.45) is 0 Å². The number of rotatable bonds is 3. The van der Waals surface area contributed by atoms with Crippen molar-refractivity contribution in [3.8, 4) is 0 Å². The minimum absolute atomic E-state index is 0.0266. The Morgan fingerprint density at radius 1 is 1.72 bits per heavy atom. The van der Waals surface area contributed by atoms with Crippen LogP contribution in [0.15, 0.2) is 12.4 Å². The second-order valence-electron chi connectivity index (χ2n) is 5.13. The van der Waals surface area contributed by atoms with Crippen molar-refractivity contribution in [3.63, 3.8) is 0 Å². The summed E-state index contributed by atoms with van der Waals surface area (Å²) < 4.78 is 11.0. The minimum atomic E-state index is -0.360. The zero-order valence-electron chi connectivity index (χ0n) is 11.0. The van der Waals surface area contributed by atoms with Gasteiger partial charge >= 0.3 is 0 Å². The molecule has 1 fully saturated rings. The van der Waals surface area contributed by atoms with Gasteiger partial charge in [0.25, 0.3) is 5.91 Å². The minimum Gasteiger partial charge on any atom is -0.382 e. The Labute approximate surface area is 106 Å². The van der Waals surface area contributed by atoms with Crippen LogP contribution in [0.25, 0.3) is 0 Å². The zero-order chi connectivity index (χ0) is 13.2. The number of carbonyl (C=O) groups is 1. The number of morpholine rings is 1. The van der Waals surface area contributed by atoms with E-state index in [2.05, 4.69) is 10.2 Å². The number of carbonyl (C=O) groups excluding carboxylic acids is 1. The largest absolute Gasteiger partial charge is 0.382 e. The predicted octanol–water partition coefficient (Wildman–Crippen LogP) is 0.676. The number of nitrogens with one attached hydrogen (secondary N) is 1. The molecule has 1 aliphatic heterocycles. The van der Waals surface area contributed by atoms with Crippen molar-refractivity contribution >= 4 is 5.91 Å². The lowest BCUT2D eigenvalue weighted by Gasteiger charge is -2.42. The first kappa shape index (κ1) is 13.0. The molecule has 1 aromatic rings. The molecule has 0 aromatic carbocycles. The summed E-state index contributed by atoms with van der Waals surface area (Å²) in [6, 6.07) is 0. The molecule has 1 aliphatic rings. The van der Waals surface area contributed by atoms with Gasteiger partial charge in [0.1, 0.15) is 0 Å². The van der Waals surface area contributed by atoms with Crippen LogP contribution in [0.5, 0.6) is 0 Å². The van der Waals surface area contributed by atoms with Gasteiger partial charge in [-0.2, -0.15) is 5.10 Å². The van der Waals surface area contributed by atoms with Gasteiger partial charge < -0.3 is 14.4 Å². The molecule has 100 valence electrons. The van der Waals surface area contributed by atoms with Crippen LogP contribution in [0.1, 0.15) is 24.2 Å². The molecule has 1 unspecified atom stereocenters. The van der Waals surface area contributed by atoms with Crippen molar-refractivity contribution in [3.05, 3.63) is 18.0 Å². The van der Waals surface area contributed by atoms with E-state index in [0.717, 1.165) is 0 Å². The zero-order valence-corrected chi connectivity index (χ0v) is 11.0. The fourth-order valence-corrected chi connectivity index (χ4v) is 2.27. The summed E-state index contributed by atoms with van der Waals surface area (Å²) in [5.41, 5.74) is 0.213. The van der Waals surface area contributed by atoms with Crippen LogP contribution in [0.4, 0.5) is 0 Å². The molecule has 1 amide bonds. The first-order valence-electron chi connectivity index (χ1n) is 5.96. The molecule has 1 saturated heterocycles. The molecule has 2 heterocycles. The summed E-state index contributed by atoms with van der Waals surface area (Å²) in [7, 11) is 1.63. The lowest BCUT2D eigenvalue weighted by Crippen LogP contribution is -2.55. The van der Waals surface area contributed by atoms with E-state index >= 15 is 0 Å². The second kappa shape index (κ2) is 5.07. The Bertz CT molecular complexity index is 403. The Balaban J connectivity index is 2.10. The van der Waals surface area contributed by atoms with E-state index < -0.39 is 0 Å². The Hall–Kier alpha value is -1.40. The monoisotopic (exact) mass is 253 g/mol. The number of amides is 1. The molecule has 1 N–H and O–H groups in total. The normalized spacial score (nSPS) is 23.1. The summed E-state index contributed by atoms with van der Waals surface area (Å²) >= 11 is 0. The number of aromatic amines is 1. The van der Waals surface area contributed by atoms with E-state index in [4.69, 9.17) is 9.47 Å². The Morgan fingerprint density at radius 3 is 3.11 bits per heavy atom. The molecule has 1 aromatic heterocycles. The molecule has 0 saturated carbocycles. The van der Waals surface area contributed by atoms with Crippen molar-refractivity contribution in [1.29, 1.82) is 0 Å². The van der Waals surface area contributed by atoms with Gasteiger partial charge in [-0.1, -0.05) is 0 Å². The Kier molecular flexibility index (Phi) is 3.68. The first-order chi connectivity index (χ1) is 8.52. The topological polar surface area (TPSA) is 67.5 Å². The summed E-state index contributed by atoms with van der Waals surface area (Å²) in [4.78, 5) is 14.1. The molecule has 6 heteroatoms. The summed E-state index contributed by atoms with van der Waals surface area (Å²) in [5, 5.41) is 6.45. The lowest BCUT2D eigenvalue weighted by molar-refractivity contribution is -0.143. The average Bonchev–Trinajstić information content (AvgIpc) is 2.79. The van der Waals surface area contributed by atoms with Gasteiger partial charge in [-0.3, -0.25) is 9.89 Å². The van der Waals surface area contributed by atoms with Crippen molar-refractivity contribution < 1.29 is 14.3 Å². The van der Waals surface area contributed by atoms with Crippen LogP contribution in [-0.4, -0.2) is 59.5 Å². The Morgan fingerprint density at radius 2 is 2.50 bits per heavy atom. The van der Waals surface area contributed by atoms with E-state index in [0.29, 0.717) is 25.3 Å². The highest BCUT2D eigenvalue weighted by Gasteiger charge is 2.36. The third-order valence-corrected chi connectivity index (χ3v) is 2.87. The van der Waals surface area contributed by atoms with Gasteiger partial charge in [0.2, 0.25) is 0 Å². The summed E-state index contributed by atoms with van der Waals surface area (Å²) in [6.45, 7) is 5.55. The SMILES string of the molecule is COCC1CN(C(=O)c2cn[nH]c2)CC(C)(C)O1. The first-order valence-corrected chi connectivity index (χ1v) is 5.96. The van der Waals surface area contributed by atoms with Crippen molar-refractivity contribution in [2.75, 3.05) is 26.8 Å². The van der Waals surface area contributed by atoms with Crippen LogP contribution in [-0.2, 0) is 9.47 Å². The molecule has 2 rings (SSSR count). The summed E-state index contributed by atoms with van der Waals surface area (Å²) in [5.74, 6) is -0.0266. The van der Waals surface area contributed by atoms with E-state index in [-0.39, 0.29) is 17.6 Å².